The molecule has 0 bridgehead atoms. The number of hydrogen-bond acceptors (Lipinski definition) is 2. The van der Waals surface area contributed by atoms with Crippen LogP contribution in [0.4, 0.5) is 5.69 Å². The molecule has 0 saturated carbocycles. The number of carboxylic acid groups (broad SMARTS) is 1. The Morgan fingerprint density at radius 2 is 1.80 bits per heavy atom. The van der Waals surface area contributed by atoms with Crippen LogP contribution in [0.15, 0.2) is 48.5 Å². The summed E-state index contributed by atoms with van der Waals surface area (Å²) in [4.78, 5) is 23.0. The van der Waals surface area contributed by atoms with Gasteiger partial charge in [-0.25, -0.2) is 4.79 Å². The van der Waals surface area contributed by atoms with Crippen molar-refractivity contribution in [2.24, 2.45) is 0 Å². The molecule has 2 aromatic rings. The number of benzene rings is 2. The van der Waals surface area contributed by atoms with Gasteiger partial charge in [-0.1, -0.05) is 41.9 Å². The van der Waals surface area contributed by atoms with Crippen molar-refractivity contribution in [1.29, 1.82) is 0 Å². The molecule has 4 nitrogen and oxygen atoms in total. The average Bonchev–Trinajstić information content (AvgIpc) is 2.39. The Kier molecular flexibility index (Phi) is 4.38. The molecule has 102 valence electrons. The van der Waals surface area contributed by atoms with E-state index in [1.165, 1.54) is 18.2 Å². The molecule has 5 heteroatoms. The lowest BCUT2D eigenvalue weighted by atomic mass is 10.1. The van der Waals surface area contributed by atoms with Gasteiger partial charge in [0.25, 0.3) is 0 Å². The highest BCUT2D eigenvalue weighted by Crippen LogP contribution is 2.21. The zero-order valence-electron chi connectivity index (χ0n) is 10.5. The maximum Gasteiger partial charge on any atom is 0.337 e. The zero-order valence-corrected chi connectivity index (χ0v) is 11.2. The number of halogens is 1. The van der Waals surface area contributed by atoms with Crippen molar-refractivity contribution >= 4 is 29.2 Å². The second-order valence-corrected chi connectivity index (χ2v) is 4.64. The number of amides is 1. The van der Waals surface area contributed by atoms with E-state index >= 15 is 0 Å². The van der Waals surface area contributed by atoms with Crippen molar-refractivity contribution in [3.63, 3.8) is 0 Å². The van der Waals surface area contributed by atoms with E-state index in [0.717, 1.165) is 5.56 Å². The van der Waals surface area contributed by atoms with Crippen molar-refractivity contribution in [2.45, 2.75) is 6.42 Å². The molecule has 2 aromatic carbocycles. The van der Waals surface area contributed by atoms with Crippen LogP contribution in [0.2, 0.25) is 5.02 Å². The molecule has 20 heavy (non-hydrogen) atoms. The first-order valence-electron chi connectivity index (χ1n) is 5.93. The number of rotatable bonds is 4. The van der Waals surface area contributed by atoms with Crippen LogP contribution < -0.4 is 5.32 Å². The van der Waals surface area contributed by atoms with E-state index in [4.69, 9.17) is 16.7 Å². The van der Waals surface area contributed by atoms with E-state index in [0.29, 0.717) is 5.02 Å². The molecular formula is C15H12ClNO3. The molecule has 1 amide bonds. The molecule has 0 aromatic heterocycles. The van der Waals surface area contributed by atoms with Gasteiger partial charge in [-0.15, -0.1) is 0 Å². The Labute approximate surface area is 121 Å². The fourth-order valence-electron chi connectivity index (χ4n) is 1.78. The summed E-state index contributed by atoms with van der Waals surface area (Å²) in [6, 6.07) is 13.5. The van der Waals surface area contributed by atoms with Crippen LogP contribution in [-0.2, 0) is 11.2 Å². The SMILES string of the molecule is O=C(Cc1ccccc1)Nc1cc(Cl)ccc1C(=O)O. The van der Waals surface area contributed by atoms with Gasteiger partial charge >= 0.3 is 5.97 Å². The van der Waals surface area contributed by atoms with Gasteiger partial charge in [0, 0.05) is 5.02 Å². The van der Waals surface area contributed by atoms with Gasteiger partial charge in [-0.2, -0.15) is 0 Å². The minimum Gasteiger partial charge on any atom is -0.478 e. The summed E-state index contributed by atoms with van der Waals surface area (Å²) >= 11 is 5.82. The Bertz CT molecular complexity index is 641. The van der Waals surface area contributed by atoms with Crippen LogP contribution in [-0.4, -0.2) is 17.0 Å². The standard InChI is InChI=1S/C15H12ClNO3/c16-11-6-7-12(15(19)20)13(9-11)17-14(18)8-10-4-2-1-3-5-10/h1-7,9H,8H2,(H,17,18)(H,19,20). The number of hydrogen-bond donors (Lipinski definition) is 2. The molecule has 0 unspecified atom stereocenters. The topological polar surface area (TPSA) is 66.4 Å². The van der Waals surface area contributed by atoms with E-state index in [-0.39, 0.29) is 23.6 Å². The molecule has 0 aliphatic rings. The second kappa shape index (κ2) is 6.21. The third-order valence-corrected chi connectivity index (χ3v) is 2.93. The van der Waals surface area contributed by atoms with Crippen LogP contribution in [0.3, 0.4) is 0 Å². The van der Waals surface area contributed by atoms with Crippen LogP contribution >= 0.6 is 11.6 Å². The third-order valence-electron chi connectivity index (χ3n) is 2.69. The van der Waals surface area contributed by atoms with Gasteiger partial charge in [-0.3, -0.25) is 4.79 Å². The normalized spacial score (nSPS) is 10.1. The molecule has 0 radical (unpaired) electrons. The molecule has 0 heterocycles. The summed E-state index contributed by atoms with van der Waals surface area (Å²) in [7, 11) is 0. The van der Waals surface area contributed by atoms with E-state index in [9.17, 15) is 9.59 Å². The van der Waals surface area contributed by atoms with Crippen LogP contribution in [0.25, 0.3) is 0 Å². The van der Waals surface area contributed by atoms with E-state index in [1.807, 2.05) is 30.3 Å². The summed E-state index contributed by atoms with van der Waals surface area (Å²) in [5.74, 6) is -1.40. The number of carboxylic acids is 1. The molecule has 2 N–H and O–H groups in total. The maximum atomic E-state index is 11.9. The predicted octanol–water partition coefficient (Wildman–Crippen LogP) is 3.22. The van der Waals surface area contributed by atoms with Crippen LogP contribution in [0.5, 0.6) is 0 Å². The molecule has 0 spiro atoms. The first kappa shape index (κ1) is 14.1. The number of carbonyl (C=O) groups excluding carboxylic acids is 1. The first-order chi connectivity index (χ1) is 9.56. The molecular weight excluding hydrogens is 278 g/mol. The maximum absolute atomic E-state index is 11.9. The minimum atomic E-state index is -1.11. The van der Waals surface area contributed by atoms with Crippen LogP contribution in [0, 0.1) is 0 Å². The highest BCUT2D eigenvalue weighted by atomic mass is 35.5. The van der Waals surface area contributed by atoms with Crippen molar-refractivity contribution in [2.75, 3.05) is 5.32 Å². The molecule has 0 saturated heterocycles. The van der Waals surface area contributed by atoms with E-state index in [2.05, 4.69) is 5.32 Å². The van der Waals surface area contributed by atoms with E-state index in [1.54, 1.807) is 0 Å². The molecule has 0 atom stereocenters. The molecule has 0 aliphatic heterocycles. The van der Waals surface area contributed by atoms with Gasteiger partial charge in [0.1, 0.15) is 0 Å². The zero-order chi connectivity index (χ0) is 14.5. The third kappa shape index (κ3) is 3.59. The Morgan fingerprint density at radius 1 is 1.10 bits per heavy atom. The summed E-state index contributed by atoms with van der Waals surface area (Å²) in [6.07, 6.45) is 0.173. The van der Waals surface area contributed by atoms with E-state index < -0.39 is 5.97 Å². The Hall–Kier alpha value is -2.33. The Balaban J connectivity index is 2.15. The largest absolute Gasteiger partial charge is 0.478 e. The Morgan fingerprint density at radius 3 is 2.45 bits per heavy atom. The summed E-state index contributed by atoms with van der Waals surface area (Å²) in [5.41, 5.74) is 1.06. The van der Waals surface area contributed by atoms with Crippen molar-refractivity contribution in [3.05, 3.63) is 64.7 Å². The highest BCUT2D eigenvalue weighted by Gasteiger charge is 2.13. The summed E-state index contributed by atoms with van der Waals surface area (Å²) in [5, 5.41) is 12.0. The fraction of sp³-hybridized carbons (Fsp3) is 0.0667. The lowest BCUT2D eigenvalue weighted by Crippen LogP contribution is -2.16. The lowest BCUT2D eigenvalue weighted by molar-refractivity contribution is -0.115. The van der Waals surface area contributed by atoms with Crippen molar-refractivity contribution < 1.29 is 14.7 Å². The first-order valence-corrected chi connectivity index (χ1v) is 6.30. The van der Waals surface area contributed by atoms with Gasteiger partial charge in [0.2, 0.25) is 5.91 Å². The highest BCUT2D eigenvalue weighted by molar-refractivity contribution is 6.31. The minimum absolute atomic E-state index is 0.0100. The number of carbonyl (C=O) groups is 2. The smallest absolute Gasteiger partial charge is 0.337 e. The monoisotopic (exact) mass is 289 g/mol. The number of anilines is 1. The lowest BCUT2D eigenvalue weighted by Gasteiger charge is -2.09. The fourth-order valence-corrected chi connectivity index (χ4v) is 1.95. The van der Waals surface area contributed by atoms with Crippen molar-refractivity contribution in [3.8, 4) is 0 Å². The van der Waals surface area contributed by atoms with Crippen molar-refractivity contribution in [1.82, 2.24) is 0 Å². The summed E-state index contributed by atoms with van der Waals surface area (Å²) < 4.78 is 0. The number of nitrogens with one attached hydrogen (secondary N) is 1. The summed E-state index contributed by atoms with van der Waals surface area (Å²) in [6.45, 7) is 0. The van der Waals surface area contributed by atoms with Crippen LogP contribution in [0.1, 0.15) is 15.9 Å². The molecule has 0 fully saturated rings. The molecule has 2 rings (SSSR count). The number of aromatic carboxylic acids is 1. The van der Waals surface area contributed by atoms with Gasteiger partial charge in [-0.05, 0) is 23.8 Å². The predicted molar refractivity (Wildman–Crippen MR) is 77.2 cm³/mol. The second-order valence-electron chi connectivity index (χ2n) is 4.21. The van der Waals surface area contributed by atoms with Gasteiger partial charge < -0.3 is 10.4 Å². The molecule has 0 aliphatic carbocycles. The quantitative estimate of drug-likeness (QED) is 0.908. The average molecular weight is 290 g/mol. The van der Waals surface area contributed by atoms with Gasteiger partial charge in [0.05, 0.1) is 17.7 Å². The van der Waals surface area contributed by atoms with Gasteiger partial charge in [0.15, 0.2) is 0 Å².